The third-order valence-electron chi connectivity index (χ3n) is 5.32. The van der Waals surface area contributed by atoms with Crippen LogP contribution in [0.25, 0.3) is 0 Å². The van der Waals surface area contributed by atoms with Crippen molar-refractivity contribution >= 4 is 5.97 Å². The van der Waals surface area contributed by atoms with Gasteiger partial charge in [-0.05, 0) is 19.3 Å². The van der Waals surface area contributed by atoms with E-state index in [1.807, 2.05) is 0 Å². The molecule has 1 fully saturated rings. The molecule has 0 aromatic heterocycles. The van der Waals surface area contributed by atoms with Crippen molar-refractivity contribution in [1.82, 2.24) is 0 Å². The maximum absolute atomic E-state index is 10.9. The van der Waals surface area contributed by atoms with E-state index in [0.29, 0.717) is 126 Å². The van der Waals surface area contributed by atoms with Crippen molar-refractivity contribution in [2.45, 2.75) is 32.0 Å². The largest absolute Gasteiger partial charge is 0.469 e. The van der Waals surface area contributed by atoms with Crippen LogP contribution in [0.4, 0.5) is 0 Å². The van der Waals surface area contributed by atoms with Crippen LogP contribution in [0.3, 0.4) is 0 Å². The molecule has 40 heavy (non-hydrogen) atoms. The monoisotopic (exact) mass is 584 g/mol. The molecule has 0 aromatic rings. The molecule has 0 aromatic carbocycles. The third kappa shape index (κ3) is 27.2. The number of ether oxygens (including phenoxy) is 12. The molecule has 1 heterocycles. The first-order valence-electron chi connectivity index (χ1n) is 14.3. The summed E-state index contributed by atoms with van der Waals surface area (Å²) in [6.45, 7) is 10.2. The highest BCUT2D eigenvalue weighted by atomic mass is 16.7. The van der Waals surface area contributed by atoms with Crippen LogP contribution >= 0.6 is 0 Å². The molecular formula is C27H52O13. The Balaban J connectivity index is 1.61. The molecule has 238 valence electrons. The highest BCUT2D eigenvalue weighted by molar-refractivity contribution is 5.69. The number of hydrogen-bond donors (Lipinski definition) is 0. The van der Waals surface area contributed by atoms with Gasteiger partial charge >= 0.3 is 5.97 Å². The zero-order valence-corrected chi connectivity index (χ0v) is 24.4. The van der Waals surface area contributed by atoms with Gasteiger partial charge in [0.05, 0.1) is 139 Å². The Kier molecular flexibility index (Phi) is 28.7. The molecule has 1 aliphatic heterocycles. The smallest absolute Gasteiger partial charge is 0.307 e. The first-order valence-corrected chi connectivity index (χ1v) is 14.3. The molecule has 0 radical (unpaired) electrons. The summed E-state index contributed by atoms with van der Waals surface area (Å²) in [5.41, 5.74) is 0. The average Bonchev–Trinajstić information content (AvgIpc) is 2.98. The fraction of sp³-hybridized carbons (Fsp3) is 0.963. The number of esters is 1. The van der Waals surface area contributed by atoms with Crippen molar-refractivity contribution in [3.8, 4) is 0 Å². The number of methoxy groups -OCH3 is 1. The van der Waals surface area contributed by atoms with Crippen LogP contribution in [-0.2, 0) is 61.6 Å². The lowest BCUT2D eigenvalue weighted by Gasteiger charge is -2.22. The third-order valence-corrected chi connectivity index (χ3v) is 5.32. The average molecular weight is 585 g/mol. The van der Waals surface area contributed by atoms with Gasteiger partial charge in [-0.3, -0.25) is 4.79 Å². The van der Waals surface area contributed by atoms with Gasteiger partial charge in [0.1, 0.15) is 0 Å². The lowest BCUT2D eigenvalue weighted by molar-refractivity contribution is -0.169. The summed E-state index contributed by atoms with van der Waals surface area (Å²) in [7, 11) is 1.35. The Morgan fingerprint density at radius 1 is 0.525 bits per heavy atom. The zero-order valence-electron chi connectivity index (χ0n) is 24.4. The minimum Gasteiger partial charge on any atom is -0.469 e. The minimum absolute atomic E-state index is 0.0668. The summed E-state index contributed by atoms with van der Waals surface area (Å²) in [6, 6.07) is 0. The van der Waals surface area contributed by atoms with Gasteiger partial charge in [0, 0.05) is 6.61 Å². The molecule has 1 rings (SSSR count). The van der Waals surface area contributed by atoms with Gasteiger partial charge in [-0.15, -0.1) is 0 Å². The van der Waals surface area contributed by atoms with Gasteiger partial charge in [-0.25, -0.2) is 0 Å². The number of carbonyl (C=O) groups excluding carboxylic acids is 1. The van der Waals surface area contributed by atoms with Crippen molar-refractivity contribution in [3.63, 3.8) is 0 Å². The minimum atomic E-state index is -0.284. The summed E-state index contributed by atoms with van der Waals surface area (Å²) < 4.78 is 64.4. The van der Waals surface area contributed by atoms with Gasteiger partial charge in [0.2, 0.25) is 0 Å². The van der Waals surface area contributed by atoms with E-state index in [1.165, 1.54) is 7.11 Å². The highest BCUT2D eigenvalue weighted by Gasteiger charge is 2.13. The van der Waals surface area contributed by atoms with Crippen LogP contribution in [0.2, 0.25) is 0 Å². The molecule has 1 saturated heterocycles. The van der Waals surface area contributed by atoms with Gasteiger partial charge in [-0.2, -0.15) is 0 Å². The Morgan fingerprint density at radius 2 is 0.875 bits per heavy atom. The Labute approximate surface area is 239 Å². The topological polar surface area (TPSA) is 128 Å². The maximum Gasteiger partial charge on any atom is 0.307 e. The molecule has 1 unspecified atom stereocenters. The normalized spacial score (nSPS) is 15.5. The lowest BCUT2D eigenvalue weighted by atomic mass is 10.2. The first-order chi connectivity index (χ1) is 19.8. The number of hydrogen-bond acceptors (Lipinski definition) is 13. The maximum atomic E-state index is 10.9. The molecular weight excluding hydrogens is 532 g/mol. The van der Waals surface area contributed by atoms with Gasteiger partial charge < -0.3 is 56.8 Å². The summed E-state index contributed by atoms with van der Waals surface area (Å²) >= 11 is 0. The summed E-state index contributed by atoms with van der Waals surface area (Å²) in [5, 5.41) is 0. The van der Waals surface area contributed by atoms with E-state index in [9.17, 15) is 4.79 Å². The second-order valence-corrected chi connectivity index (χ2v) is 8.50. The van der Waals surface area contributed by atoms with Crippen LogP contribution in [0.15, 0.2) is 0 Å². The molecule has 1 atom stereocenters. The fourth-order valence-electron chi connectivity index (χ4n) is 3.20. The second-order valence-electron chi connectivity index (χ2n) is 8.50. The van der Waals surface area contributed by atoms with Crippen LogP contribution in [0.5, 0.6) is 0 Å². The molecule has 0 spiro atoms. The number of carbonyl (C=O) groups is 1. The van der Waals surface area contributed by atoms with Crippen LogP contribution in [-0.4, -0.2) is 152 Å². The molecule has 0 bridgehead atoms. The highest BCUT2D eigenvalue weighted by Crippen LogP contribution is 2.13. The van der Waals surface area contributed by atoms with Crippen molar-refractivity contribution in [1.29, 1.82) is 0 Å². The van der Waals surface area contributed by atoms with Gasteiger partial charge in [0.15, 0.2) is 6.29 Å². The van der Waals surface area contributed by atoms with E-state index >= 15 is 0 Å². The van der Waals surface area contributed by atoms with Crippen molar-refractivity contribution in [2.75, 3.05) is 139 Å². The van der Waals surface area contributed by atoms with Crippen LogP contribution in [0.1, 0.15) is 25.7 Å². The molecule has 0 aliphatic carbocycles. The molecule has 13 nitrogen and oxygen atoms in total. The lowest BCUT2D eigenvalue weighted by Crippen LogP contribution is -2.24. The van der Waals surface area contributed by atoms with E-state index in [4.69, 9.17) is 52.1 Å². The van der Waals surface area contributed by atoms with Crippen LogP contribution in [0, 0.1) is 0 Å². The van der Waals surface area contributed by atoms with Crippen molar-refractivity contribution in [3.05, 3.63) is 0 Å². The van der Waals surface area contributed by atoms with E-state index in [1.54, 1.807) is 0 Å². The molecule has 0 N–H and O–H groups in total. The van der Waals surface area contributed by atoms with Gasteiger partial charge in [0.25, 0.3) is 0 Å². The van der Waals surface area contributed by atoms with E-state index in [2.05, 4.69) is 4.74 Å². The Morgan fingerprint density at radius 3 is 1.20 bits per heavy atom. The quantitative estimate of drug-likeness (QED) is 0.0857. The van der Waals surface area contributed by atoms with Gasteiger partial charge in [-0.1, -0.05) is 0 Å². The first kappa shape index (κ1) is 37.1. The zero-order chi connectivity index (χ0) is 28.6. The predicted octanol–water partition coefficient (Wildman–Crippen LogP) is 1.24. The molecule has 0 saturated carbocycles. The SMILES string of the molecule is COC(=O)CCOCCOCCOCCOCCOCCOCCOCCOCCOCCOC1CCCCO1. The Hall–Kier alpha value is -0.970. The summed E-state index contributed by atoms with van der Waals surface area (Å²) in [4.78, 5) is 10.9. The Bertz CT molecular complexity index is 521. The fourth-order valence-corrected chi connectivity index (χ4v) is 3.20. The number of rotatable bonds is 31. The summed E-state index contributed by atoms with van der Waals surface area (Å²) in [6.07, 6.45) is 3.43. The van der Waals surface area contributed by atoms with Crippen molar-refractivity contribution < 1.29 is 61.6 Å². The molecule has 0 amide bonds. The van der Waals surface area contributed by atoms with E-state index in [-0.39, 0.29) is 18.7 Å². The standard InChI is InChI=1S/C27H52O13/c1-29-26(28)5-7-30-8-9-31-10-11-32-12-13-33-14-15-34-16-17-35-18-19-36-20-21-37-22-23-38-24-25-40-27-4-2-3-6-39-27/h27H,2-25H2,1H3. The molecule has 1 aliphatic rings. The summed E-state index contributed by atoms with van der Waals surface area (Å²) in [5.74, 6) is -0.284. The second kappa shape index (κ2) is 31.0. The predicted molar refractivity (Wildman–Crippen MR) is 144 cm³/mol. The van der Waals surface area contributed by atoms with Crippen molar-refractivity contribution in [2.24, 2.45) is 0 Å². The van der Waals surface area contributed by atoms with E-state index < -0.39 is 0 Å². The molecule has 13 heteroatoms. The van der Waals surface area contributed by atoms with Crippen LogP contribution < -0.4 is 0 Å². The van der Waals surface area contributed by atoms with E-state index in [0.717, 1.165) is 25.9 Å².